The van der Waals surface area contributed by atoms with Gasteiger partial charge in [-0.15, -0.1) is 0 Å². The zero-order chi connectivity index (χ0) is 14.5. The van der Waals surface area contributed by atoms with E-state index in [0.717, 1.165) is 16.9 Å². The summed E-state index contributed by atoms with van der Waals surface area (Å²) in [4.78, 5) is 26.2. The minimum absolute atomic E-state index is 0.0537. The van der Waals surface area contributed by atoms with Gasteiger partial charge < -0.3 is 4.74 Å². The Labute approximate surface area is 128 Å². The highest BCUT2D eigenvalue weighted by Crippen LogP contribution is 2.25. The van der Waals surface area contributed by atoms with Gasteiger partial charge in [-0.1, -0.05) is 46.7 Å². The Bertz CT molecular complexity index is 628. The van der Waals surface area contributed by atoms with E-state index in [1.807, 2.05) is 0 Å². The van der Waals surface area contributed by atoms with E-state index in [-0.39, 0.29) is 21.8 Å². The zero-order valence-corrected chi connectivity index (χ0v) is 12.3. The van der Waals surface area contributed by atoms with E-state index in [4.69, 9.17) is 27.9 Å². The average Bonchev–Trinajstić information content (AvgIpc) is 2.78. The molecule has 1 amide bonds. The molecule has 0 fully saturated rings. The normalized spacial score (nSPS) is 10.1. The fraction of sp³-hybridized carbons (Fsp3) is 0.0833. The number of carbonyl (C=O) groups is 2. The molecule has 0 saturated carbocycles. The topological polar surface area (TPSA) is 68.3 Å². The lowest BCUT2D eigenvalue weighted by atomic mass is 10.2. The van der Waals surface area contributed by atoms with Crippen LogP contribution in [0.4, 0.5) is 9.93 Å². The number of rotatable bonds is 4. The number of thiazole rings is 1. The lowest BCUT2D eigenvalue weighted by molar-refractivity contribution is 0.112. The average molecular weight is 331 g/mol. The van der Waals surface area contributed by atoms with Crippen molar-refractivity contribution >= 4 is 52.0 Å². The minimum atomic E-state index is -0.678. The largest absolute Gasteiger partial charge is 0.444 e. The summed E-state index contributed by atoms with van der Waals surface area (Å²) in [7, 11) is 0. The molecule has 0 aliphatic heterocycles. The first-order valence-electron chi connectivity index (χ1n) is 5.38. The van der Waals surface area contributed by atoms with Crippen molar-refractivity contribution < 1.29 is 14.3 Å². The van der Waals surface area contributed by atoms with Crippen molar-refractivity contribution in [2.75, 3.05) is 5.32 Å². The summed E-state index contributed by atoms with van der Waals surface area (Å²) in [6.07, 6.45) is -0.104. The molecule has 1 aromatic heterocycles. The molecule has 0 saturated heterocycles. The zero-order valence-electron chi connectivity index (χ0n) is 9.93. The first kappa shape index (κ1) is 14.8. The standard InChI is InChI=1S/C12H8Cl2N2O3S/c13-8-3-1-7(2-4-8)6-19-12(18)16-11-15-10(14)9(5-17)20-11/h1-5H,6H2,(H,15,16,18). The summed E-state index contributed by atoms with van der Waals surface area (Å²) in [6.45, 7) is 0.0998. The molecule has 1 N–H and O–H groups in total. The van der Waals surface area contributed by atoms with Gasteiger partial charge in [0.15, 0.2) is 16.6 Å². The molecule has 0 radical (unpaired) electrons. The van der Waals surface area contributed by atoms with Crippen molar-refractivity contribution in [3.63, 3.8) is 0 Å². The summed E-state index contributed by atoms with van der Waals surface area (Å²) in [5, 5.41) is 3.26. The fourth-order valence-corrected chi connectivity index (χ4v) is 2.37. The van der Waals surface area contributed by atoms with Gasteiger partial charge in [0.25, 0.3) is 0 Å². The third-order valence-electron chi connectivity index (χ3n) is 2.21. The van der Waals surface area contributed by atoms with Gasteiger partial charge in [0.05, 0.1) is 0 Å². The second-order valence-electron chi connectivity index (χ2n) is 3.62. The maximum absolute atomic E-state index is 11.5. The molecule has 2 rings (SSSR count). The fourth-order valence-electron chi connectivity index (χ4n) is 1.29. The SMILES string of the molecule is O=Cc1sc(NC(=O)OCc2ccc(Cl)cc2)nc1Cl. The van der Waals surface area contributed by atoms with Gasteiger partial charge in [0.2, 0.25) is 0 Å². The molecule has 0 aliphatic carbocycles. The van der Waals surface area contributed by atoms with Crippen molar-refractivity contribution in [2.45, 2.75) is 6.61 Å². The van der Waals surface area contributed by atoms with Crippen LogP contribution in [-0.2, 0) is 11.3 Å². The summed E-state index contributed by atoms with van der Waals surface area (Å²) in [6, 6.07) is 6.91. The second kappa shape index (κ2) is 6.69. The predicted octanol–water partition coefficient (Wildman–Crippen LogP) is 4.01. The number of hydrogen-bond acceptors (Lipinski definition) is 5. The summed E-state index contributed by atoms with van der Waals surface area (Å²) >= 11 is 12.4. The summed E-state index contributed by atoms with van der Waals surface area (Å²) in [5.41, 5.74) is 0.801. The molecule has 2 aromatic rings. The van der Waals surface area contributed by atoms with Gasteiger partial charge in [0.1, 0.15) is 11.5 Å². The third-order valence-corrected chi connectivity index (χ3v) is 3.76. The van der Waals surface area contributed by atoms with E-state index in [0.29, 0.717) is 11.3 Å². The number of nitrogens with zero attached hydrogens (tertiary/aromatic N) is 1. The molecular weight excluding hydrogens is 323 g/mol. The second-order valence-corrected chi connectivity index (χ2v) is 5.44. The number of amides is 1. The van der Waals surface area contributed by atoms with E-state index in [9.17, 15) is 9.59 Å². The van der Waals surface area contributed by atoms with Gasteiger partial charge in [0, 0.05) is 5.02 Å². The number of halogens is 2. The van der Waals surface area contributed by atoms with E-state index >= 15 is 0 Å². The molecule has 8 heteroatoms. The quantitative estimate of drug-likeness (QED) is 0.860. The summed E-state index contributed by atoms with van der Waals surface area (Å²) < 4.78 is 5.00. The monoisotopic (exact) mass is 330 g/mol. The van der Waals surface area contributed by atoms with Gasteiger partial charge in [-0.05, 0) is 17.7 Å². The Kier molecular flexibility index (Phi) is 4.94. The minimum Gasteiger partial charge on any atom is -0.444 e. The number of nitrogens with one attached hydrogen (secondary N) is 1. The number of carbonyl (C=O) groups excluding carboxylic acids is 2. The maximum atomic E-state index is 11.5. The van der Waals surface area contributed by atoms with Crippen LogP contribution in [0.1, 0.15) is 15.2 Å². The van der Waals surface area contributed by atoms with Crippen LogP contribution in [0.15, 0.2) is 24.3 Å². The van der Waals surface area contributed by atoms with Gasteiger partial charge in [-0.3, -0.25) is 10.1 Å². The number of benzene rings is 1. The smallest absolute Gasteiger partial charge is 0.413 e. The van der Waals surface area contributed by atoms with Crippen molar-refractivity contribution in [2.24, 2.45) is 0 Å². The lowest BCUT2D eigenvalue weighted by Gasteiger charge is -2.04. The molecule has 20 heavy (non-hydrogen) atoms. The van der Waals surface area contributed by atoms with Crippen molar-refractivity contribution in [3.05, 3.63) is 44.9 Å². The van der Waals surface area contributed by atoms with Crippen LogP contribution in [0.2, 0.25) is 10.2 Å². The molecule has 5 nitrogen and oxygen atoms in total. The van der Waals surface area contributed by atoms with Crippen molar-refractivity contribution in [3.8, 4) is 0 Å². The molecule has 0 aliphatic rings. The highest BCUT2D eigenvalue weighted by molar-refractivity contribution is 7.17. The molecule has 1 heterocycles. The van der Waals surface area contributed by atoms with Crippen LogP contribution in [-0.4, -0.2) is 17.4 Å². The van der Waals surface area contributed by atoms with Crippen LogP contribution in [0, 0.1) is 0 Å². The van der Waals surface area contributed by atoms with E-state index in [1.165, 1.54) is 0 Å². The number of anilines is 1. The van der Waals surface area contributed by atoms with Gasteiger partial charge in [-0.25, -0.2) is 9.78 Å². The van der Waals surface area contributed by atoms with Crippen molar-refractivity contribution in [1.82, 2.24) is 4.98 Å². The van der Waals surface area contributed by atoms with Crippen LogP contribution in [0.25, 0.3) is 0 Å². The van der Waals surface area contributed by atoms with Gasteiger partial charge in [-0.2, -0.15) is 0 Å². The van der Waals surface area contributed by atoms with E-state index in [1.54, 1.807) is 24.3 Å². The number of hydrogen-bond donors (Lipinski definition) is 1. The highest BCUT2D eigenvalue weighted by Gasteiger charge is 2.11. The number of aldehydes is 1. The Morgan fingerprint density at radius 2 is 2.05 bits per heavy atom. The maximum Gasteiger partial charge on any atom is 0.413 e. The Balaban J connectivity index is 1.88. The molecule has 0 unspecified atom stereocenters. The molecule has 0 bridgehead atoms. The molecule has 104 valence electrons. The predicted molar refractivity (Wildman–Crippen MR) is 77.8 cm³/mol. The molecule has 1 aromatic carbocycles. The van der Waals surface area contributed by atoms with Crippen LogP contribution >= 0.6 is 34.5 Å². The van der Waals surface area contributed by atoms with E-state index in [2.05, 4.69) is 10.3 Å². The Hall–Kier alpha value is -1.63. The highest BCUT2D eigenvalue weighted by atomic mass is 35.5. The van der Waals surface area contributed by atoms with Crippen molar-refractivity contribution in [1.29, 1.82) is 0 Å². The Morgan fingerprint density at radius 3 is 2.65 bits per heavy atom. The van der Waals surface area contributed by atoms with Crippen LogP contribution in [0.5, 0.6) is 0 Å². The van der Waals surface area contributed by atoms with Gasteiger partial charge >= 0.3 is 6.09 Å². The molecular formula is C12H8Cl2N2O3S. The summed E-state index contributed by atoms with van der Waals surface area (Å²) in [5.74, 6) is 0. The molecule has 0 spiro atoms. The molecule has 0 atom stereocenters. The van der Waals surface area contributed by atoms with Crippen LogP contribution in [0.3, 0.4) is 0 Å². The lowest BCUT2D eigenvalue weighted by Crippen LogP contribution is -2.13. The Morgan fingerprint density at radius 1 is 1.35 bits per heavy atom. The van der Waals surface area contributed by atoms with E-state index < -0.39 is 6.09 Å². The van der Waals surface area contributed by atoms with Crippen LogP contribution < -0.4 is 5.32 Å². The number of ether oxygens (including phenoxy) is 1. The first-order chi connectivity index (χ1) is 9.58. The number of aromatic nitrogens is 1. The first-order valence-corrected chi connectivity index (χ1v) is 6.95. The third kappa shape index (κ3) is 3.93.